The first-order chi connectivity index (χ1) is 6.49. The minimum absolute atomic E-state index is 0.0372. The second-order valence-corrected chi connectivity index (χ2v) is 3.47. The largest absolute Gasteiger partial charge is 0.339 e. The number of carbonyl (C=O) groups is 2. The molecule has 4 nitrogen and oxygen atoms in total. The van der Waals surface area contributed by atoms with E-state index in [0.29, 0.717) is 13.0 Å². The lowest BCUT2D eigenvalue weighted by molar-refractivity contribution is -0.136. The van der Waals surface area contributed by atoms with Gasteiger partial charge in [0.05, 0.1) is 18.9 Å². The van der Waals surface area contributed by atoms with Gasteiger partial charge in [-0.3, -0.25) is 9.59 Å². The van der Waals surface area contributed by atoms with Crippen LogP contribution >= 0.6 is 0 Å². The molecule has 0 aromatic rings. The maximum Gasteiger partial charge on any atom is 0.230 e. The summed E-state index contributed by atoms with van der Waals surface area (Å²) in [5, 5.41) is 8.41. The van der Waals surface area contributed by atoms with E-state index in [1.165, 1.54) is 6.92 Å². The van der Waals surface area contributed by atoms with Crippen LogP contribution in [0.25, 0.3) is 0 Å². The average Bonchev–Trinajstić information content (AvgIpc) is 2.02. The summed E-state index contributed by atoms with van der Waals surface area (Å²) in [6.45, 7) is 5.53. The van der Waals surface area contributed by atoms with Gasteiger partial charge in [0, 0.05) is 12.6 Å². The van der Waals surface area contributed by atoms with Gasteiger partial charge in [-0.2, -0.15) is 5.26 Å². The van der Waals surface area contributed by atoms with E-state index >= 15 is 0 Å². The molecule has 0 fully saturated rings. The Hall–Kier alpha value is -1.37. The van der Waals surface area contributed by atoms with Gasteiger partial charge in [-0.05, 0) is 20.8 Å². The molecule has 0 aliphatic rings. The highest BCUT2D eigenvalue weighted by atomic mass is 16.2. The number of hydrogen-bond acceptors (Lipinski definition) is 3. The number of amides is 1. The topological polar surface area (TPSA) is 61.2 Å². The summed E-state index contributed by atoms with van der Waals surface area (Å²) < 4.78 is 0. The van der Waals surface area contributed by atoms with Gasteiger partial charge in [-0.1, -0.05) is 0 Å². The van der Waals surface area contributed by atoms with Crippen LogP contribution in [0.15, 0.2) is 0 Å². The summed E-state index contributed by atoms with van der Waals surface area (Å²) in [7, 11) is 0. The lowest BCUT2D eigenvalue weighted by Gasteiger charge is -2.25. The molecule has 0 aromatic heterocycles. The van der Waals surface area contributed by atoms with E-state index in [-0.39, 0.29) is 24.2 Å². The molecular formula is C10H16N2O2. The Kier molecular flexibility index (Phi) is 5.54. The van der Waals surface area contributed by atoms with Crippen molar-refractivity contribution in [3.05, 3.63) is 0 Å². The van der Waals surface area contributed by atoms with Crippen molar-refractivity contribution in [2.45, 2.75) is 39.7 Å². The van der Waals surface area contributed by atoms with Crippen molar-refractivity contribution in [2.24, 2.45) is 0 Å². The molecule has 0 atom stereocenters. The Morgan fingerprint density at radius 3 is 2.36 bits per heavy atom. The SMILES string of the molecule is CC(=O)CC(=O)N(CCC#N)C(C)C. The van der Waals surface area contributed by atoms with Crippen molar-refractivity contribution in [2.75, 3.05) is 6.54 Å². The molecule has 1 amide bonds. The second kappa shape index (κ2) is 6.14. The molecule has 4 heteroatoms. The van der Waals surface area contributed by atoms with Crippen LogP contribution in [0.1, 0.15) is 33.6 Å². The van der Waals surface area contributed by atoms with Crippen LogP contribution in [0.3, 0.4) is 0 Å². The quantitative estimate of drug-likeness (QED) is 0.619. The number of ketones is 1. The fourth-order valence-electron chi connectivity index (χ4n) is 1.16. The van der Waals surface area contributed by atoms with Crippen LogP contribution in [0.2, 0.25) is 0 Å². The van der Waals surface area contributed by atoms with Crippen molar-refractivity contribution >= 4 is 11.7 Å². The molecule has 0 rings (SSSR count). The maximum absolute atomic E-state index is 11.5. The molecule has 0 bridgehead atoms. The summed E-state index contributed by atoms with van der Waals surface area (Å²) >= 11 is 0. The molecule has 0 aliphatic carbocycles. The molecule has 78 valence electrons. The van der Waals surface area contributed by atoms with Gasteiger partial charge in [0.25, 0.3) is 0 Å². The molecule has 0 saturated heterocycles. The van der Waals surface area contributed by atoms with E-state index in [1.807, 2.05) is 19.9 Å². The lowest BCUT2D eigenvalue weighted by atomic mass is 10.2. The van der Waals surface area contributed by atoms with Crippen molar-refractivity contribution < 1.29 is 9.59 Å². The van der Waals surface area contributed by atoms with E-state index in [0.717, 1.165) is 0 Å². The minimum atomic E-state index is -0.192. The Labute approximate surface area is 84.5 Å². The van der Waals surface area contributed by atoms with Crippen molar-refractivity contribution in [3.8, 4) is 6.07 Å². The van der Waals surface area contributed by atoms with Gasteiger partial charge in [0.1, 0.15) is 5.78 Å². The number of nitriles is 1. The molecule has 0 aromatic carbocycles. The molecule has 0 aliphatic heterocycles. The zero-order valence-corrected chi connectivity index (χ0v) is 8.91. The highest BCUT2D eigenvalue weighted by Crippen LogP contribution is 2.03. The summed E-state index contributed by atoms with van der Waals surface area (Å²) in [4.78, 5) is 23.8. The van der Waals surface area contributed by atoms with Gasteiger partial charge in [-0.15, -0.1) is 0 Å². The average molecular weight is 196 g/mol. The van der Waals surface area contributed by atoms with Crippen LogP contribution in [0.4, 0.5) is 0 Å². The highest BCUT2D eigenvalue weighted by Gasteiger charge is 2.17. The summed E-state index contributed by atoms with van der Waals surface area (Å²) in [5.41, 5.74) is 0. The zero-order chi connectivity index (χ0) is 11.1. The molecular weight excluding hydrogens is 180 g/mol. The lowest BCUT2D eigenvalue weighted by Crippen LogP contribution is -2.38. The fourth-order valence-corrected chi connectivity index (χ4v) is 1.16. The van der Waals surface area contributed by atoms with E-state index in [1.54, 1.807) is 4.90 Å². The van der Waals surface area contributed by atoms with E-state index in [9.17, 15) is 9.59 Å². The van der Waals surface area contributed by atoms with Crippen LogP contribution in [0, 0.1) is 11.3 Å². The van der Waals surface area contributed by atoms with Gasteiger partial charge in [0.15, 0.2) is 0 Å². The van der Waals surface area contributed by atoms with Crippen molar-refractivity contribution in [3.63, 3.8) is 0 Å². The fraction of sp³-hybridized carbons (Fsp3) is 0.700. The molecule has 0 radical (unpaired) electrons. The van der Waals surface area contributed by atoms with E-state index < -0.39 is 0 Å². The number of nitrogens with zero attached hydrogens (tertiary/aromatic N) is 2. The summed E-state index contributed by atoms with van der Waals surface area (Å²) in [6, 6.07) is 2.02. The van der Waals surface area contributed by atoms with Gasteiger partial charge in [-0.25, -0.2) is 0 Å². The van der Waals surface area contributed by atoms with E-state index in [2.05, 4.69) is 0 Å². The van der Waals surface area contributed by atoms with Crippen molar-refractivity contribution in [1.82, 2.24) is 4.90 Å². The second-order valence-electron chi connectivity index (χ2n) is 3.47. The summed E-state index contributed by atoms with van der Waals surface area (Å²) in [5.74, 6) is -0.333. The Bertz CT molecular complexity index is 253. The molecule has 0 heterocycles. The number of carbonyl (C=O) groups excluding carboxylic acids is 2. The first-order valence-corrected chi connectivity index (χ1v) is 4.65. The molecule has 0 spiro atoms. The standard InChI is InChI=1S/C10H16N2O2/c1-8(2)12(6-4-5-11)10(14)7-9(3)13/h8H,4,6-7H2,1-3H3. The third-order valence-corrected chi connectivity index (χ3v) is 1.81. The Balaban J connectivity index is 4.27. The molecule has 14 heavy (non-hydrogen) atoms. The van der Waals surface area contributed by atoms with Crippen molar-refractivity contribution in [1.29, 1.82) is 5.26 Å². The first-order valence-electron chi connectivity index (χ1n) is 4.65. The molecule has 0 unspecified atom stereocenters. The number of Topliss-reactive ketones (excluding diaryl/α,β-unsaturated/α-hetero) is 1. The Morgan fingerprint density at radius 1 is 1.43 bits per heavy atom. The number of hydrogen-bond donors (Lipinski definition) is 0. The predicted molar refractivity (Wildman–Crippen MR) is 52.4 cm³/mol. The minimum Gasteiger partial charge on any atom is -0.339 e. The molecule has 0 N–H and O–H groups in total. The highest BCUT2D eigenvalue weighted by molar-refractivity contribution is 5.96. The predicted octanol–water partition coefficient (Wildman–Crippen LogP) is 1.12. The van der Waals surface area contributed by atoms with Gasteiger partial charge in [0.2, 0.25) is 5.91 Å². The third-order valence-electron chi connectivity index (χ3n) is 1.81. The van der Waals surface area contributed by atoms with Crippen LogP contribution in [-0.4, -0.2) is 29.2 Å². The monoisotopic (exact) mass is 196 g/mol. The van der Waals surface area contributed by atoms with Gasteiger partial charge < -0.3 is 4.90 Å². The van der Waals surface area contributed by atoms with Crippen LogP contribution in [-0.2, 0) is 9.59 Å². The summed E-state index contributed by atoms with van der Waals surface area (Å²) in [6.07, 6.45) is 0.242. The van der Waals surface area contributed by atoms with Crippen LogP contribution in [0.5, 0.6) is 0 Å². The first kappa shape index (κ1) is 12.6. The number of rotatable bonds is 5. The molecule has 0 saturated carbocycles. The Morgan fingerprint density at radius 2 is 2.00 bits per heavy atom. The normalized spacial score (nSPS) is 9.64. The van der Waals surface area contributed by atoms with Crippen LogP contribution < -0.4 is 0 Å². The maximum atomic E-state index is 11.5. The third kappa shape index (κ3) is 4.61. The smallest absolute Gasteiger partial charge is 0.230 e. The zero-order valence-electron chi connectivity index (χ0n) is 8.91. The van der Waals surface area contributed by atoms with Gasteiger partial charge >= 0.3 is 0 Å². The van der Waals surface area contributed by atoms with E-state index in [4.69, 9.17) is 5.26 Å².